The van der Waals surface area contributed by atoms with Crippen LogP contribution in [0.5, 0.6) is 0 Å². The van der Waals surface area contributed by atoms with E-state index in [2.05, 4.69) is 6.92 Å². The van der Waals surface area contributed by atoms with E-state index in [0.29, 0.717) is 17.1 Å². The van der Waals surface area contributed by atoms with Gasteiger partial charge in [0.05, 0.1) is 0 Å². The van der Waals surface area contributed by atoms with Crippen molar-refractivity contribution < 1.29 is 9.53 Å². The lowest BCUT2D eigenvalue weighted by molar-refractivity contribution is -0.159. The second-order valence-electron chi connectivity index (χ2n) is 8.30. The topological polar surface area (TPSA) is 26.3 Å². The van der Waals surface area contributed by atoms with Crippen molar-refractivity contribution >= 4 is 5.78 Å². The maximum Gasteiger partial charge on any atom is 0.142 e. The lowest BCUT2D eigenvalue weighted by atomic mass is 9.43. The van der Waals surface area contributed by atoms with E-state index in [4.69, 9.17) is 4.74 Å². The van der Waals surface area contributed by atoms with Crippen LogP contribution in [0.3, 0.4) is 0 Å². The van der Waals surface area contributed by atoms with Crippen molar-refractivity contribution in [3.05, 3.63) is 0 Å². The molecule has 0 N–H and O–H groups in total. The predicted octanol–water partition coefficient (Wildman–Crippen LogP) is 3.59. The van der Waals surface area contributed by atoms with Gasteiger partial charge in [0.25, 0.3) is 0 Å². The second kappa shape index (κ2) is 4.07. The molecule has 5 fully saturated rings. The first-order valence-electron chi connectivity index (χ1n) is 8.21. The summed E-state index contributed by atoms with van der Waals surface area (Å²) in [5.41, 5.74) is 0.575. The van der Waals surface area contributed by atoms with Crippen LogP contribution >= 0.6 is 0 Å². The minimum Gasteiger partial charge on any atom is -0.381 e. The summed E-state index contributed by atoms with van der Waals surface area (Å²) in [4.78, 5) is 13.1. The monoisotopic (exact) mass is 262 g/mol. The molecule has 0 radical (unpaired) electrons. The Hall–Kier alpha value is -0.370. The Balaban J connectivity index is 1.60. The standard InChI is InChI=1S/C17H26O2/c1-16-7-12-6-13(8-16)10-17(9-12,11-16)15(18)14-2-4-19-5-3-14/h12-14H,2-11H2,1H3. The number of rotatable bonds is 2. The maximum absolute atomic E-state index is 13.1. The molecule has 2 nitrogen and oxygen atoms in total. The molecule has 106 valence electrons. The molecule has 1 heterocycles. The lowest BCUT2D eigenvalue weighted by Gasteiger charge is -2.61. The molecule has 2 atom stereocenters. The number of Topliss-reactive ketones (excluding diaryl/α,β-unsaturated/α-hetero) is 1. The van der Waals surface area contributed by atoms with Gasteiger partial charge < -0.3 is 4.74 Å². The van der Waals surface area contributed by atoms with E-state index in [-0.39, 0.29) is 5.41 Å². The van der Waals surface area contributed by atoms with Crippen LogP contribution in [0.2, 0.25) is 0 Å². The number of hydrogen-bond acceptors (Lipinski definition) is 2. The van der Waals surface area contributed by atoms with Gasteiger partial charge >= 0.3 is 0 Å². The van der Waals surface area contributed by atoms with Crippen LogP contribution in [0.1, 0.15) is 58.3 Å². The Morgan fingerprint density at radius 1 is 1.05 bits per heavy atom. The SMILES string of the molecule is CC12CC3CC(C1)CC(C(=O)C1CCOCC1)(C3)C2. The van der Waals surface area contributed by atoms with Gasteiger partial charge in [0.2, 0.25) is 0 Å². The molecule has 0 amide bonds. The van der Waals surface area contributed by atoms with Crippen LogP contribution in [0, 0.1) is 28.6 Å². The Labute approximate surface area is 116 Å². The quantitative estimate of drug-likeness (QED) is 0.760. The molecule has 5 aliphatic rings. The molecule has 2 unspecified atom stereocenters. The van der Waals surface area contributed by atoms with Crippen LogP contribution in [0.25, 0.3) is 0 Å². The third-order valence-corrected chi connectivity index (χ3v) is 6.47. The van der Waals surface area contributed by atoms with Gasteiger partial charge in [-0.25, -0.2) is 0 Å². The van der Waals surface area contributed by atoms with Gasteiger partial charge in [0.1, 0.15) is 5.78 Å². The first kappa shape index (κ1) is 12.4. The molecular weight excluding hydrogens is 236 g/mol. The summed E-state index contributed by atoms with van der Waals surface area (Å²) >= 11 is 0. The van der Waals surface area contributed by atoms with E-state index in [1.165, 1.54) is 38.5 Å². The molecule has 1 saturated heterocycles. The van der Waals surface area contributed by atoms with Crippen molar-refractivity contribution in [3.8, 4) is 0 Å². The van der Waals surface area contributed by atoms with Gasteiger partial charge in [-0.1, -0.05) is 6.92 Å². The number of carbonyl (C=O) groups is 1. The predicted molar refractivity (Wildman–Crippen MR) is 73.8 cm³/mol. The summed E-state index contributed by atoms with van der Waals surface area (Å²) in [6.07, 6.45) is 9.80. The zero-order chi connectivity index (χ0) is 13.1. The van der Waals surface area contributed by atoms with Gasteiger partial charge in [0.15, 0.2) is 0 Å². The number of hydrogen-bond donors (Lipinski definition) is 0. The average Bonchev–Trinajstić information content (AvgIpc) is 2.36. The van der Waals surface area contributed by atoms with E-state index in [0.717, 1.165) is 37.9 Å². The highest BCUT2D eigenvalue weighted by Crippen LogP contribution is 2.66. The van der Waals surface area contributed by atoms with Gasteiger partial charge in [-0.3, -0.25) is 4.79 Å². The van der Waals surface area contributed by atoms with Crippen molar-refractivity contribution in [1.29, 1.82) is 0 Å². The average molecular weight is 262 g/mol. The summed E-state index contributed by atoms with van der Waals surface area (Å²) in [5.74, 6) is 2.66. The lowest BCUT2D eigenvalue weighted by Crippen LogP contribution is -2.55. The Kier molecular flexibility index (Phi) is 2.65. The van der Waals surface area contributed by atoms with Crippen LogP contribution < -0.4 is 0 Å². The highest BCUT2D eigenvalue weighted by Gasteiger charge is 2.59. The molecule has 19 heavy (non-hydrogen) atoms. The highest BCUT2D eigenvalue weighted by atomic mass is 16.5. The second-order valence-corrected chi connectivity index (χ2v) is 8.30. The van der Waals surface area contributed by atoms with Gasteiger partial charge in [-0.2, -0.15) is 0 Å². The van der Waals surface area contributed by atoms with E-state index < -0.39 is 0 Å². The van der Waals surface area contributed by atoms with E-state index in [1.807, 2.05) is 0 Å². The van der Waals surface area contributed by atoms with Gasteiger partial charge in [-0.15, -0.1) is 0 Å². The van der Waals surface area contributed by atoms with E-state index in [1.54, 1.807) is 0 Å². The Morgan fingerprint density at radius 2 is 1.68 bits per heavy atom. The van der Waals surface area contributed by atoms with Gasteiger partial charge in [-0.05, 0) is 68.6 Å². The van der Waals surface area contributed by atoms with Crippen LogP contribution in [0.4, 0.5) is 0 Å². The largest absolute Gasteiger partial charge is 0.381 e. The molecule has 0 aromatic carbocycles. The molecule has 4 aliphatic carbocycles. The third kappa shape index (κ3) is 1.90. The molecule has 5 rings (SSSR count). The zero-order valence-electron chi connectivity index (χ0n) is 12.1. The molecular formula is C17H26O2. The van der Waals surface area contributed by atoms with Gasteiger partial charge in [0, 0.05) is 24.5 Å². The van der Waals surface area contributed by atoms with Crippen molar-refractivity contribution in [3.63, 3.8) is 0 Å². The highest BCUT2D eigenvalue weighted by molar-refractivity contribution is 5.87. The number of ketones is 1. The summed E-state index contributed by atoms with van der Waals surface area (Å²) in [5, 5.41) is 0. The maximum atomic E-state index is 13.1. The molecule has 4 saturated carbocycles. The smallest absolute Gasteiger partial charge is 0.142 e. The summed E-state index contributed by atoms with van der Waals surface area (Å²) < 4.78 is 5.44. The minimum atomic E-state index is 0.0842. The van der Waals surface area contributed by atoms with Crippen molar-refractivity contribution in [2.75, 3.05) is 13.2 Å². The van der Waals surface area contributed by atoms with Crippen molar-refractivity contribution in [1.82, 2.24) is 0 Å². The first-order chi connectivity index (χ1) is 9.09. The van der Waals surface area contributed by atoms with E-state index in [9.17, 15) is 4.79 Å². The molecule has 0 spiro atoms. The van der Waals surface area contributed by atoms with Crippen LogP contribution in [-0.4, -0.2) is 19.0 Å². The van der Waals surface area contributed by atoms with Crippen LogP contribution in [-0.2, 0) is 9.53 Å². The minimum absolute atomic E-state index is 0.0842. The fourth-order valence-electron chi connectivity index (χ4n) is 6.40. The number of ether oxygens (including phenoxy) is 1. The summed E-state index contributed by atoms with van der Waals surface area (Å²) in [7, 11) is 0. The van der Waals surface area contributed by atoms with Crippen LogP contribution in [0.15, 0.2) is 0 Å². The molecule has 1 aliphatic heterocycles. The third-order valence-electron chi connectivity index (χ3n) is 6.47. The molecule has 0 aromatic rings. The molecule has 2 heteroatoms. The zero-order valence-corrected chi connectivity index (χ0v) is 12.1. The molecule has 0 aromatic heterocycles. The Morgan fingerprint density at radius 3 is 2.26 bits per heavy atom. The Bertz CT molecular complexity index is 380. The first-order valence-corrected chi connectivity index (χ1v) is 8.21. The fourth-order valence-corrected chi connectivity index (χ4v) is 6.40. The van der Waals surface area contributed by atoms with Crippen molar-refractivity contribution in [2.24, 2.45) is 28.6 Å². The summed E-state index contributed by atoms with van der Waals surface area (Å²) in [6, 6.07) is 0. The summed E-state index contributed by atoms with van der Waals surface area (Å²) in [6.45, 7) is 4.06. The fraction of sp³-hybridized carbons (Fsp3) is 0.941. The van der Waals surface area contributed by atoms with Crippen molar-refractivity contribution in [2.45, 2.75) is 58.3 Å². The number of carbonyl (C=O) groups excluding carboxylic acids is 1. The van der Waals surface area contributed by atoms with E-state index >= 15 is 0 Å². The normalized spacial score (nSPS) is 49.5. The molecule has 4 bridgehead atoms.